The van der Waals surface area contributed by atoms with Gasteiger partial charge in [0.1, 0.15) is 5.82 Å². The second-order valence-corrected chi connectivity index (χ2v) is 4.98. The Morgan fingerprint density at radius 1 is 1.40 bits per heavy atom. The minimum Gasteiger partial charge on any atom is -0.310 e. The molecule has 0 spiro atoms. The molecule has 0 amide bonds. The smallest absolute Gasteiger partial charge is 0.146 e. The highest BCUT2D eigenvalue weighted by molar-refractivity contribution is 5.28. The highest BCUT2D eigenvalue weighted by atomic mass is 19.1. The van der Waals surface area contributed by atoms with E-state index in [0.29, 0.717) is 5.56 Å². The molecular weight excluding hydrogens is 255 g/mol. The Kier molecular flexibility index (Phi) is 4.49. The first-order valence-electron chi connectivity index (χ1n) is 6.86. The van der Waals surface area contributed by atoms with E-state index in [2.05, 4.69) is 15.4 Å². The van der Waals surface area contributed by atoms with Gasteiger partial charge in [-0.3, -0.25) is 9.67 Å². The molecule has 0 aliphatic carbocycles. The van der Waals surface area contributed by atoms with Crippen molar-refractivity contribution in [3.63, 3.8) is 0 Å². The van der Waals surface area contributed by atoms with E-state index >= 15 is 0 Å². The summed E-state index contributed by atoms with van der Waals surface area (Å²) in [5.74, 6) is -0.266. The molecule has 0 saturated carbocycles. The molecule has 2 aromatic heterocycles. The van der Waals surface area contributed by atoms with Crippen LogP contribution in [0.4, 0.5) is 4.39 Å². The summed E-state index contributed by atoms with van der Waals surface area (Å²) in [5.41, 5.74) is 3.96. The predicted octanol–water partition coefficient (Wildman–Crippen LogP) is 2.46. The standard InChI is InChI=1S/C15H21FN4/c1-5-18-15(12-6-7-17-9-14(12)16)8-13-10(2)19-20(4)11(13)3/h6-7,9,15,18H,5,8H2,1-4H3. The molecule has 0 bridgehead atoms. The fraction of sp³-hybridized carbons (Fsp3) is 0.467. The molecule has 20 heavy (non-hydrogen) atoms. The number of halogens is 1. The zero-order chi connectivity index (χ0) is 14.7. The molecule has 4 nitrogen and oxygen atoms in total. The third-order valence-corrected chi connectivity index (χ3v) is 3.70. The van der Waals surface area contributed by atoms with Gasteiger partial charge in [-0.1, -0.05) is 6.92 Å². The molecule has 0 aliphatic heterocycles. The summed E-state index contributed by atoms with van der Waals surface area (Å²) in [4.78, 5) is 3.81. The Morgan fingerprint density at radius 3 is 2.70 bits per heavy atom. The fourth-order valence-electron chi connectivity index (χ4n) is 2.52. The maximum absolute atomic E-state index is 13.9. The van der Waals surface area contributed by atoms with Crippen molar-refractivity contribution in [1.82, 2.24) is 20.1 Å². The summed E-state index contributed by atoms with van der Waals surface area (Å²) >= 11 is 0. The number of hydrogen-bond donors (Lipinski definition) is 1. The van der Waals surface area contributed by atoms with Crippen LogP contribution in [0.5, 0.6) is 0 Å². The number of rotatable bonds is 5. The van der Waals surface area contributed by atoms with Gasteiger partial charge in [0.25, 0.3) is 0 Å². The molecule has 1 atom stereocenters. The lowest BCUT2D eigenvalue weighted by atomic mass is 9.98. The van der Waals surface area contributed by atoms with E-state index < -0.39 is 0 Å². The van der Waals surface area contributed by atoms with Crippen LogP contribution in [0.1, 0.15) is 35.5 Å². The van der Waals surface area contributed by atoms with Crippen LogP contribution in [0.2, 0.25) is 0 Å². The Morgan fingerprint density at radius 2 is 2.15 bits per heavy atom. The van der Waals surface area contributed by atoms with Gasteiger partial charge in [0.05, 0.1) is 11.9 Å². The van der Waals surface area contributed by atoms with E-state index in [1.165, 1.54) is 11.8 Å². The fourth-order valence-corrected chi connectivity index (χ4v) is 2.52. The lowest BCUT2D eigenvalue weighted by molar-refractivity contribution is 0.506. The van der Waals surface area contributed by atoms with Crippen LogP contribution in [-0.2, 0) is 13.5 Å². The third kappa shape index (κ3) is 2.88. The second kappa shape index (κ2) is 6.13. The van der Waals surface area contributed by atoms with Gasteiger partial charge in [-0.2, -0.15) is 5.10 Å². The van der Waals surface area contributed by atoms with Crippen LogP contribution in [0, 0.1) is 19.7 Å². The number of nitrogens with one attached hydrogen (secondary N) is 1. The van der Waals surface area contributed by atoms with Gasteiger partial charge in [-0.25, -0.2) is 4.39 Å². The minimum atomic E-state index is -0.266. The minimum absolute atomic E-state index is 0.0652. The van der Waals surface area contributed by atoms with Crippen LogP contribution in [0.25, 0.3) is 0 Å². The zero-order valence-electron chi connectivity index (χ0n) is 12.4. The number of nitrogens with zero attached hydrogens (tertiary/aromatic N) is 3. The molecule has 2 aromatic rings. The number of pyridine rings is 1. The molecule has 0 aliphatic rings. The summed E-state index contributed by atoms with van der Waals surface area (Å²) in [6.07, 6.45) is 3.62. The zero-order valence-corrected chi connectivity index (χ0v) is 12.4. The molecule has 0 radical (unpaired) electrons. The Labute approximate surface area is 119 Å². The number of hydrogen-bond acceptors (Lipinski definition) is 3. The average Bonchev–Trinajstić information content (AvgIpc) is 2.65. The quantitative estimate of drug-likeness (QED) is 0.912. The summed E-state index contributed by atoms with van der Waals surface area (Å²) in [6.45, 7) is 6.84. The topological polar surface area (TPSA) is 42.7 Å². The molecular formula is C15H21FN4. The molecule has 1 N–H and O–H groups in total. The van der Waals surface area contributed by atoms with Gasteiger partial charge in [0.15, 0.2) is 0 Å². The summed E-state index contributed by atoms with van der Waals surface area (Å²) in [6, 6.07) is 1.67. The first kappa shape index (κ1) is 14.7. The molecule has 0 aromatic carbocycles. The van der Waals surface area contributed by atoms with E-state index in [1.54, 1.807) is 12.3 Å². The van der Waals surface area contributed by atoms with Crippen molar-refractivity contribution in [2.75, 3.05) is 6.54 Å². The van der Waals surface area contributed by atoms with Gasteiger partial charge >= 0.3 is 0 Å². The number of aromatic nitrogens is 3. The first-order chi connectivity index (χ1) is 9.54. The van der Waals surface area contributed by atoms with Crippen molar-refractivity contribution in [3.8, 4) is 0 Å². The van der Waals surface area contributed by atoms with Gasteiger partial charge in [-0.15, -0.1) is 0 Å². The van der Waals surface area contributed by atoms with Crippen molar-refractivity contribution in [2.24, 2.45) is 7.05 Å². The van der Waals surface area contributed by atoms with E-state index in [4.69, 9.17) is 0 Å². The monoisotopic (exact) mass is 276 g/mol. The van der Waals surface area contributed by atoms with Crippen molar-refractivity contribution in [3.05, 3.63) is 46.8 Å². The third-order valence-electron chi connectivity index (χ3n) is 3.70. The van der Waals surface area contributed by atoms with Crippen molar-refractivity contribution in [2.45, 2.75) is 33.2 Å². The molecule has 5 heteroatoms. The Balaban J connectivity index is 2.33. The van der Waals surface area contributed by atoms with Gasteiger partial charge < -0.3 is 5.32 Å². The Hall–Kier alpha value is -1.75. The van der Waals surface area contributed by atoms with Crippen LogP contribution in [0.3, 0.4) is 0 Å². The molecule has 2 heterocycles. The summed E-state index contributed by atoms with van der Waals surface area (Å²) in [5, 5.41) is 7.77. The molecule has 108 valence electrons. The van der Waals surface area contributed by atoms with Crippen LogP contribution < -0.4 is 5.32 Å². The maximum Gasteiger partial charge on any atom is 0.146 e. The first-order valence-corrected chi connectivity index (χ1v) is 6.86. The summed E-state index contributed by atoms with van der Waals surface area (Å²) < 4.78 is 15.8. The Bertz CT molecular complexity index is 592. The van der Waals surface area contributed by atoms with Crippen LogP contribution in [-0.4, -0.2) is 21.3 Å². The normalized spacial score (nSPS) is 12.7. The lowest BCUT2D eigenvalue weighted by Gasteiger charge is -2.19. The van der Waals surface area contributed by atoms with Crippen LogP contribution in [0.15, 0.2) is 18.5 Å². The molecule has 2 rings (SSSR count). The van der Waals surface area contributed by atoms with Crippen LogP contribution >= 0.6 is 0 Å². The van der Waals surface area contributed by atoms with E-state index in [9.17, 15) is 4.39 Å². The van der Waals surface area contributed by atoms with Crippen molar-refractivity contribution < 1.29 is 4.39 Å². The molecule has 1 unspecified atom stereocenters. The van der Waals surface area contributed by atoms with Gasteiger partial charge in [-0.05, 0) is 38.4 Å². The largest absolute Gasteiger partial charge is 0.310 e. The van der Waals surface area contributed by atoms with E-state index in [1.807, 2.05) is 32.5 Å². The van der Waals surface area contributed by atoms with Gasteiger partial charge in [0.2, 0.25) is 0 Å². The average molecular weight is 276 g/mol. The van der Waals surface area contributed by atoms with E-state index in [0.717, 1.165) is 24.4 Å². The number of likely N-dealkylation sites (N-methyl/N-ethyl adjacent to an activating group) is 1. The van der Waals surface area contributed by atoms with Crippen molar-refractivity contribution in [1.29, 1.82) is 0 Å². The predicted molar refractivity (Wildman–Crippen MR) is 77.0 cm³/mol. The number of aryl methyl sites for hydroxylation is 2. The molecule has 0 fully saturated rings. The van der Waals surface area contributed by atoms with Crippen molar-refractivity contribution >= 4 is 0 Å². The second-order valence-electron chi connectivity index (χ2n) is 4.98. The van der Waals surface area contributed by atoms with Gasteiger partial charge in [0, 0.05) is 30.5 Å². The highest BCUT2D eigenvalue weighted by Crippen LogP contribution is 2.24. The maximum atomic E-state index is 13.9. The SMILES string of the molecule is CCNC(Cc1c(C)nn(C)c1C)c1ccncc1F. The van der Waals surface area contributed by atoms with E-state index in [-0.39, 0.29) is 11.9 Å². The lowest BCUT2D eigenvalue weighted by Crippen LogP contribution is -2.24. The summed E-state index contributed by atoms with van der Waals surface area (Å²) in [7, 11) is 1.93. The highest BCUT2D eigenvalue weighted by Gasteiger charge is 2.19. The molecule has 0 saturated heterocycles.